The molecular weight excluding hydrogens is 234 g/mol. The molecule has 6 nitrogen and oxygen atoms in total. The average Bonchev–Trinajstić information content (AvgIpc) is 2.35. The first-order valence-electron chi connectivity index (χ1n) is 5.29. The second-order valence-electron chi connectivity index (χ2n) is 3.77. The van der Waals surface area contributed by atoms with Gasteiger partial charge in [0.05, 0.1) is 16.6 Å². The number of aromatic hydroxyl groups is 1. The molecule has 0 amide bonds. The van der Waals surface area contributed by atoms with Gasteiger partial charge in [0.15, 0.2) is 5.75 Å². The van der Waals surface area contributed by atoms with E-state index in [0.717, 1.165) is 6.07 Å². The van der Waals surface area contributed by atoms with Gasteiger partial charge in [0, 0.05) is 17.7 Å². The summed E-state index contributed by atoms with van der Waals surface area (Å²) in [4.78, 5) is 10.0. The van der Waals surface area contributed by atoms with Crippen LogP contribution in [0.15, 0.2) is 24.8 Å². The normalized spacial score (nSPS) is 11.6. The maximum Gasteiger partial charge on any atom is 0.312 e. The number of allylic oxidation sites excluding steroid dienone is 1. The third-order valence-electron chi connectivity index (χ3n) is 2.53. The zero-order valence-electron chi connectivity index (χ0n) is 9.67. The largest absolute Gasteiger partial charge is 0.502 e. The van der Waals surface area contributed by atoms with E-state index < -0.39 is 22.4 Å². The number of phenolic OH excluding ortho intramolecular Hbond substituents is 1. The molecule has 0 aliphatic heterocycles. The molecule has 0 spiro atoms. The van der Waals surface area contributed by atoms with E-state index in [-0.39, 0.29) is 11.1 Å². The highest BCUT2D eigenvalue weighted by Gasteiger charge is 2.22. The summed E-state index contributed by atoms with van der Waals surface area (Å²) in [5.41, 5.74) is 5.64. The van der Waals surface area contributed by atoms with E-state index in [1.807, 2.05) is 6.07 Å². The van der Waals surface area contributed by atoms with E-state index in [1.54, 1.807) is 6.08 Å². The third kappa shape index (κ3) is 2.84. The SMILES string of the molecule is C=CCC[C@H](N)c1cc(C#N)cc([N+](=O)[O-])c1O. The van der Waals surface area contributed by atoms with Crippen molar-refractivity contribution in [2.45, 2.75) is 18.9 Å². The Morgan fingerprint density at radius 3 is 2.83 bits per heavy atom. The molecular formula is C12H13N3O3. The summed E-state index contributed by atoms with van der Waals surface area (Å²) in [5, 5.41) is 29.4. The molecule has 6 heteroatoms. The average molecular weight is 247 g/mol. The molecule has 0 aromatic heterocycles. The van der Waals surface area contributed by atoms with Crippen molar-refractivity contribution in [1.29, 1.82) is 5.26 Å². The molecule has 1 rings (SSSR count). The second-order valence-corrected chi connectivity index (χ2v) is 3.77. The summed E-state index contributed by atoms with van der Waals surface area (Å²) in [6.45, 7) is 3.55. The van der Waals surface area contributed by atoms with Gasteiger partial charge in [-0.1, -0.05) is 6.08 Å². The summed E-state index contributed by atoms with van der Waals surface area (Å²) in [7, 11) is 0. The first-order valence-corrected chi connectivity index (χ1v) is 5.29. The fourth-order valence-corrected chi connectivity index (χ4v) is 1.58. The first-order chi connectivity index (χ1) is 8.51. The number of phenols is 1. The van der Waals surface area contributed by atoms with Crippen molar-refractivity contribution in [3.8, 4) is 11.8 Å². The minimum absolute atomic E-state index is 0.101. The van der Waals surface area contributed by atoms with E-state index in [0.29, 0.717) is 12.8 Å². The van der Waals surface area contributed by atoms with Gasteiger partial charge in [-0.2, -0.15) is 5.26 Å². The lowest BCUT2D eigenvalue weighted by atomic mass is 9.99. The predicted molar refractivity (Wildman–Crippen MR) is 65.8 cm³/mol. The van der Waals surface area contributed by atoms with Crippen LogP contribution in [-0.2, 0) is 0 Å². The maximum absolute atomic E-state index is 10.8. The molecule has 1 aromatic rings. The quantitative estimate of drug-likeness (QED) is 0.470. The summed E-state index contributed by atoms with van der Waals surface area (Å²) in [5.74, 6) is -0.476. The topological polar surface area (TPSA) is 113 Å². The van der Waals surface area contributed by atoms with Gasteiger partial charge in [0.2, 0.25) is 0 Å². The van der Waals surface area contributed by atoms with Gasteiger partial charge in [-0.15, -0.1) is 6.58 Å². The van der Waals surface area contributed by atoms with Crippen LogP contribution in [0.1, 0.15) is 30.0 Å². The standard InChI is InChI=1S/C12H13N3O3/c1-2-3-4-10(14)9-5-8(7-13)6-11(12(9)16)15(17)18/h2,5-6,10,16H,1,3-4,14H2/t10-/m0/s1. The second kappa shape index (κ2) is 5.80. The number of hydrogen-bond acceptors (Lipinski definition) is 5. The highest BCUT2D eigenvalue weighted by atomic mass is 16.6. The van der Waals surface area contributed by atoms with Gasteiger partial charge in [-0.3, -0.25) is 10.1 Å². The number of nitrogens with two attached hydrogens (primary N) is 1. The van der Waals surface area contributed by atoms with Crippen LogP contribution in [0.5, 0.6) is 5.75 Å². The molecule has 0 heterocycles. The van der Waals surface area contributed by atoms with Gasteiger partial charge in [0.1, 0.15) is 0 Å². The maximum atomic E-state index is 10.8. The molecule has 0 saturated heterocycles. The molecule has 0 fully saturated rings. The highest BCUT2D eigenvalue weighted by molar-refractivity contribution is 5.56. The van der Waals surface area contributed by atoms with Gasteiger partial charge in [-0.25, -0.2) is 0 Å². The van der Waals surface area contributed by atoms with Crippen LogP contribution in [0.25, 0.3) is 0 Å². The number of nitro groups is 1. The van der Waals surface area contributed by atoms with Crippen LogP contribution < -0.4 is 5.73 Å². The molecule has 0 radical (unpaired) electrons. The van der Waals surface area contributed by atoms with Crippen molar-refractivity contribution in [2.24, 2.45) is 5.73 Å². The summed E-state index contributed by atoms with van der Waals surface area (Å²) in [6, 6.07) is 3.63. The molecule has 3 N–H and O–H groups in total. The molecule has 0 unspecified atom stereocenters. The van der Waals surface area contributed by atoms with Crippen molar-refractivity contribution in [3.63, 3.8) is 0 Å². The predicted octanol–water partition coefficient (Wildman–Crippen LogP) is 2.14. The third-order valence-corrected chi connectivity index (χ3v) is 2.53. The molecule has 1 aromatic carbocycles. The number of nitro benzene ring substituents is 1. The molecule has 0 aliphatic carbocycles. The Bertz CT molecular complexity index is 520. The molecule has 0 aliphatic rings. The van der Waals surface area contributed by atoms with E-state index in [1.165, 1.54) is 6.07 Å². The summed E-state index contributed by atoms with van der Waals surface area (Å²) < 4.78 is 0. The Kier molecular flexibility index (Phi) is 4.40. The Balaban J connectivity index is 3.26. The van der Waals surface area contributed by atoms with Crippen molar-refractivity contribution in [1.82, 2.24) is 0 Å². The lowest BCUT2D eigenvalue weighted by molar-refractivity contribution is -0.386. The van der Waals surface area contributed by atoms with Crippen LogP contribution in [0.2, 0.25) is 0 Å². The van der Waals surface area contributed by atoms with E-state index in [9.17, 15) is 15.2 Å². The van der Waals surface area contributed by atoms with Crippen LogP contribution in [0.3, 0.4) is 0 Å². The van der Waals surface area contributed by atoms with Crippen molar-refractivity contribution < 1.29 is 10.0 Å². The first kappa shape index (κ1) is 13.7. The van der Waals surface area contributed by atoms with E-state index in [4.69, 9.17) is 11.0 Å². The van der Waals surface area contributed by atoms with Gasteiger partial charge in [-0.05, 0) is 18.9 Å². The fourth-order valence-electron chi connectivity index (χ4n) is 1.58. The summed E-state index contributed by atoms with van der Waals surface area (Å²) in [6.07, 6.45) is 2.77. The highest BCUT2D eigenvalue weighted by Crippen LogP contribution is 2.35. The fraction of sp³-hybridized carbons (Fsp3) is 0.250. The molecule has 1 atom stereocenters. The Hall–Kier alpha value is -2.39. The number of nitriles is 1. The lowest BCUT2D eigenvalue weighted by Gasteiger charge is -2.13. The van der Waals surface area contributed by atoms with Gasteiger partial charge in [0.25, 0.3) is 0 Å². The van der Waals surface area contributed by atoms with Crippen molar-refractivity contribution in [2.75, 3.05) is 0 Å². The van der Waals surface area contributed by atoms with Gasteiger partial charge >= 0.3 is 5.69 Å². The molecule has 94 valence electrons. The Labute approximate surface area is 104 Å². The zero-order valence-corrected chi connectivity index (χ0v) is 9.67. The molecule has 0 saturated carbocycles. The van der Waals surface area contributed by atoms with Crippen LogP contribution in [0, 0.1) is 21.4 Å². The van der Waals surface area contributed by atoms with Crippen molar-refractivity contribution in [3.05, 3.63) is 46.0 Å². The summed E-state index contributed by atoms with van der Waals surface area (Å²) >= 11 is 0. The smallest absolute Gasteiger partial charge is 0.312 e. The van der Waals surface area contributed by atoms with E-state index >= 15 is 0 Å². The van der Waals surface area contributed by atoms with Crippen molar-refractivity contribution >= 4 is 5.69 Å². The zero-order chi connectivity index (χ0) is 13.7. The van der Waals surface area contributed by atoms with E-state index in [2.05, 4.69) is 6.58 Å². The van der Waals surface area contributed by atoms with Crippen LogP contribution in [-0.4, -0.2) is 10.0 Å². The van der Waals surface area contributed by atoms with Crippen LogP contribution in [0.4, 0.5) is 5.69 Å². The monoisotopic (exact) mass is 247 g/mol. The van der Waals surface area contributed by atoms with Crippen LogP contribution >= 0.6 is 0 Å². The Morgan fingerprint density at radius 2 is 2.33 bits per heavy atom. The number of hydrogen-bond donors (Lipinski definition) is 2. The number of rotatable bonds is 5. The lowest BCUT2D eigenvalue weighted by Crippen LogP contribution is -2.11. The number of nitrogens with zero attached hydrogens (tertiary/aromatic N) is 2. The number of benzene rings is 1. The minimum atomic E-state index is -0.736. The molecule has 18 heavy (non-hydrogen) atoms. The minimum Gasteiger partial charge on any atom is -0.502 e. The Morgan fingerprint density at radius 1 is 1.67 bits per heavy atom. The van der Waals surface area contributed by atoms with Gasteiger partial charge < -0.3 is 10.8 Å². The molecule has 0 bridgehead atoms.